The molecule has 0 aliphatic rings. The van der Waals surface area contributed by atoms with E-state index in [0.717, 1.165) is 18.1 Å². The Kier molecular flexibility index (Phi) is 6.95. The number of halogens is 1. The summed E-state index contributed by atoms with van der Waals surface area (Å²) in [6, 6.07) is 12.1. The highest BCUT2D eigenvalue weighted by Crippen LogP contribution is 2.36. The van der Waals surface area contributed by atoms with E-state index in [2.05, 4.69) is 20.8 Å². The summed E-state index contributed by atoms with van der Waals surface area (Å²) in [6.07, 6.45) is 1.03. The molecule has 0 saturated heterocycles. The number of hydrogen-bond acceptors (Lipinski definition) is 9. The van der Waals surface area contributed by atoms with Gasteiger partial charge in [-0.05, 0) is 29.8 Å². The summed E-state index contributed by atoms with van der Waals surface area (Å²) >= 11 is 6.90. The third-order valence-corrected chi connectivity index (χ3v) is 5.08. The molecule has 2 N–H and O–H groups in total. The third kappa shape index (κ3) is 5.87. The number of aromatic nitrogens is 2. The Labute approximate surface area is 184 Å². The van der Waals surface area contributed by atoms with Crippen LogP contribution in [0.25, 0.3) is 0 Å². The molecular weight excluding hydrogens is 448 g/mol. The molecule has 3 aromatic rings. The average Bonchev–Trinajstić information content (AvgIpc) is 2.74. The van der Waals surface area contributed by atoms with Gasteiger partial charge < -0.3 is 0 Å². The second-order valence-electron chi connectivity index (χ2n) is 5.96. The monoisotopic (exact) mass is 460 g/mol. The van der Waals surface area contributed by atoms with Crippen LogP contribution in [0, 0.1) is 20.2 Å². The van der Waals surface area contributed by atoms with E-state index >= 15 is 0 Å². The van der Waals surface area contributed by atoms with Crippen LogP contribution in [-0.4, -0.2) is 25.7 Å². The SMILES string of the molecule is O=C(Cc1ccc([N+](=O)[O-])cc1)NNc1ncnc(Sc2ccc(Cl)cc2)c1[N+](=O)[O-]. The van der Waals surface area contributed by atoms with Crippen LogP contribution >= 0.6 is 23.4 Å². The first-order valence-corrected chi connectivity index (χ1v) is 9.74. The lowest BCUT2D eigenvalue weighted by Gasteiger charge is -2.10. The number of amides is 1. The average molecular weight is 461 g/mol. The fourth-order valence-electron chi connectivity index (χ4n) is 2.40. The number of hydrogen-bond donors (Lipinski definition) is 2. The summed E-state index contributed by atoms with van der Waals surface area (Å²) < 4.78 is 0. The maximum Gasteiger partial charge on any atom is 0.345 e. The summed E-state index contributed by atoms with van der Waals surface area (Å²) in [5.74, 6) is -0.706. The van der Waals surface area contributed by atoms with E-state index in [4.69, 9.17) is 11.6 Å². The normalized spacial score (nSPS) is 10.4. The molecule has 1 amide bonds. The molecule has 13 heteroatoms. The first kappa shape index (κ1) is 21.9. The van der Waals surface area contributed by atoms with Gasteiger partial charge in [0.15, 0.2) is 5.03 Å². The van der Waals surface area contributed by atoms with E-state index in [-0.39, 0.29) is 23.0 Å². The van der Waals surface area contributed by atoms with Crippen LogP contribution in [0.3, 0.4) is 0 Å². The number of non-ortho nitro benzene ring substituents is 1. The van der Waals surface area contributed by atoms with Crippen molar-refractivity contribution in [2.75, 3.05) is 5.43 Å². The number of nitro groups is 2. The molecule has 0 spiro atoms. The van der Waals surface area contributed by atoms with Gasteiger partial charge in [0.2, 0.25) is 11.7 Å². The van der Waals surface area contributed by atoms with Crippen molar-refractivity contribution < 1.29 is 14.6 Å². The predicted octanol–water partition coefficient (Wildman–Crippen LogP) is 3.78. The molecule has 3 rings (SSSR count). The number of carbonyl (C=O) groups excluding carboxylic acids is 1. The van der Waals surface area contributed by atoms with Gasteiger partial charge >= 0.3 is 5.69 Å². The van der Waals surface area contributed by atoms with Crippen LogP contribution in [0.5, 0.6) is 0 Å². The molecule has 0 atom stereocenters. The molecule has 0 aliphatic carbocycles. The second-order valence-corrected chi connectivity index (χ2v) is 7.46. The number of rotatable bonds is 8. The van der Waals surface area contributed by atoms with Crippen LogP contribution in [0.4, 0.5) is 17.2 Å². The smallest absolute Gasteiger partial charge is 0.276 e. The van der Waals surface area contributed by atoms with E-state index in [1.807, 2.05) is 0 Å². The summed E-state index contributed by atoms with van der Waals surface area (Å²) in [7, 11) is 0. The first-order chi connectivity index (χ1) is 14.8. The van der Waals surface area contributed by atoms with Crippen LogP contribution in [-0.2, 0) is 11.2 Å². The minimum Gasteiger partial charge on any atom is -0.276 e. The van der Waals surface area contributed by atoms with Gasteiger partial charge in [-0.3, -0.25) is 35.9 Å². The van der Waals surface area contributed by atoms with Crippen LogP contribution in [0.1, 0.15) is 5.56 Å². The number of anilines is 1. The van der Waals surface area contributed by atoms with E-state index in [9.17, 15) is 25.0 Å². The lowest BCUT2D eigenvalue weighted by Crippen LogP contribution is -2.31. The highest BCUT2D eigenvalue weighted by molar-refractivity contribution is 7.99. The maximum absolute atomic E-state index is 12.2. The van der Waals surface area contributed by atoms with Crippen molar-refractivity contribution in [3.05, 3.63) is 85.7 Å². The largest absolute Gasteiger partial charge is 0.345 e. The molecule has 2 aromatic carbocycles. The minimum absolute atomic E-state index is 0.0782. The molecule has 0 saturated carbocycles. The number of benzene rings is 2. The fraction of sp³-hybridized carbons (Fsp3) is 0.0556. The van der Waals surface area contributed by atoms with Crippen molar-refractivity contribution >= 4 is 46.5 Å². The zero-order chi connectivity index (χ0) is 22.4. The molecule has 31 heavy (non-hydrogen) atoms. The quantitative estimate of drug-likeness (QED) is 0.290. The highest BCUT2D eigenvalue weighted by atomic mass is 35.5. The predicted molar refractivity (Wildman–Crippen MR) is 113 cm³/mol. The number of nitrogens with zero attached hydrogens (tertiary/aromatic N) is 4. The topological polar surface area (TPSA) is 153 Å². The summed E-state index contributed by atoms with van der Waals surface area (Å²) in [5, 5.41) is 22.9. The maximum atomic E-state index is 12.2. The van der Waals surface area contributed by atoms with Crippen molar-refractivity contribution in [1.29, 1.82) is 0 Å². The number of carbonyl (C=O) groups is 1. The fourth-order valence-corrected chi connectivity index (χ4v) is 3.39. The van der Waals surface area contributed by atoms with Gasteiger partial charge in [-0.25, -0.2) is 9.97 Å². The second kappa shape index (κ2) is 9.82. The van der Waals surface area contributed by atoms with E-state index in [1.165, 1.54) is 24.3 Å². The number of nitrogens with one attached hydrogen (secondary N) is 2. The van der Waals surface area contributed by atoms with Gasteiger partial charge in [0.25, 0.3) is 5.69 Å². The molecule has 1 aromatic heterocycles. The highest BCUT2D eigenvalue weighted by Gasteiger charge is 2.24. The molecule has 0 aliphatic heterocycles. The Morgan fingerprint density at radius 3 is 2.29 bits per heavy atom. The Hall–Kier alpha value is -3.77. The Bertz CT molecular complexity index is 1130. The molecule has 1 heterocycles. The van der Waals surface area contributed by atoms with Crippen molar-refractivity contribution in [3.8, 4) is 0 Å². The number of nitro benzene ring substituents is 1. The Morgan fingerprint density at radius 1 is 1.00 bits per heavy atom. The zero-order valence-electron chi connectivity index (χ0n) is 15.5. The zero-order valence-corrected chi connectivity index (χ0v) is 17.1. The van der Waals surface area contributed by atoms with E-state index in [1.54, 1.807) is 24.3 Å². The molecule has 0 bridgehead atoms. The number of hydrazine groups is 1. The van der Waals surface area contributed by atoms with Crippen molar-refractivity contribution in [3.63, 3.8) is 0 Å². The van der Waals surface area contributed by atoms with Gasteiger partial charge in [-0.1, -0.05) is 35.5 Å². The van der Waals surface area contributed by atoms with Crippen molar-refractivity contribution in [2.45, 2.75) is 16.3 Å². The van der Waals surface area contributed by atoms with Gasteiger partial charge in [0.05, 0.1) is 16.3 Å². The molecule has 0 unspecified atom stereocenters. The standard InChI is InChI=1S/C18H13ClN6O5S/c19-12-3-7-14(8-4-12)31-18-16(25(29)30)17(20-10-21-18)23-22-15(26)9-11-1-5-13(6-2-11)24(27)28/h1-8,10H,9H2,(H,22,26)(H,20,21,23). The van der Waals surface area contributed by atoms with Crippen molar-refractivity contribution in [2.24, 2.45) is 0 Å². The minimum atomic E-state index is -0.650. The Balaban J connectivity index is 1.70. The lowest BCUT2D eigenvalue weighted by molar-refractivity contribution is -0.387. The molecular formula is C18H13ClN6O5S. The molecule has 0 radical (unpaired) electrons. The van der Waals surface area contributed by atoms with Gasteiger partial charge in [-0.2, -0.15) is 0 Å². The summed E-state index contributed by atoms with van der Waals surface area (Å²) in [5.41, 5.74) is 4.81. The van der Waals surface area contributed by atoms with Crippen LogP contribution < -0.4 is 10.9 Å². The van der Waals surface area contributed by atoms with Gasteiger partial charge in [0.1, 0.15) is 6.33 Å². The van der Waals surface area contributed by atoms with E-state index < -0.39 is 21.4 Å². The van der Waals surface area contributed by atoms with Crippen molar-refractivity contribution in [1.82, 2.24) is 15.4 Å². The van der Waals surface area contributed by atoms with Crippen LogP contribution in [0.15, 0.2) is 64.8 Å². The first-order valence-electron chi connectivity index (χ1n) is 8.54. The van der Waals surface area contributed by atoms with E-state index in [0.29, 0.717) is 15.5 Å². The Morgan fingerprint density at radius 2 is 1.68 bits per heavy atom. The lowest BCUT2D eigenvalue weighted by atomic mass is 10.1. The molecule has 11 nitrogen and oxygen atoms in total. The van der Waals surface area contributed by atoms with Gasteiger partial charge in [0, 0.05) is 22.1 Å². The van der Waals surface area contributed by atoms with Gasteiger partial charge in [-0.15, -0.1) is 0 Å². The molecule has 158 valence electrons. The third-order valence-electron chi connectivity index (χ3n) is 3.83. The van der Waals surface area contributed by atoms with Crippen LogP contribution in [0.2, 0.25) is 5.02 Å². The summed E-state index contributed by atoms with van der Waals surface area (Å²) in [4.78, 5) is 41.7. The molecule has 0 fully saturated rings. The summed E-state index contributed by atoms with van der Waals surface area (Å²) in [6.45, 7) is 0.